The van der Waals surface area contributed by atoms with E-state index < -0.39 is 0 Å². The maximum atomic E-state index is 12.3. The van der Waals surface area contributed by atoms with Crippen molar-refractivity contribution >= 4 is 40.2 Å². The highest BCUT2D eigenvalue weighted by Gasteiger charge is 2.10. The lowest BCUT2D eigenvalue weighted by atomic mass is 10.1. The average molecular weight is 369 g/mol. The zero-order valence-electron chi connectivity index (χ0n) is 14.3. The molecule has 1 heterocycles. The second-order valence-electron chi connectivity index (χ2n) is 5.44. The number of amides is 1. The molecule has 0 aliphatic carbocycles. The van der Waals surface area contributed by atoms with Crippen molar-refractivity contribution in [2.45, 2.75) is 0 Å². The van der Waals surface area contributed by atoms with Crippen molar-refractivity contribution in [3.63, 3.8) is 0 Å². The Morgan fingerprint density at radius 3 is 2.73 bits per heavy atom. The number of anilines is 1. The molecular formula is C20H17ClN2O3. The van der Waals surface area contributed by atoms with Crippen LogP contribution in [0.1, 0.15) is 5.56 Å². The third kappa shape index (κ3) is 3.78. The number of rotatable bonds is 5. The number of benzene rings is 2. The van der Waals surface area contributed by atoms with Crippen LogP contribution in [0.5, 0.6) is 11.5 Å². The van der Waals surface area contributed by atoms with Crippen LogP contribution in [-0.2, 0) is 4.79 Å². The maximum absolute atomic E-state index is 12.3. The largest absolute Gasteiger partial charge is 0.493 e. The van der Waals surface area contributed by atoms with Crippen molar-refractivity contribution < 1.29 is 14.3 Å². The zero-order chi connectivity index (χ0) is 18.5. The van der Waals surface area contributed by atoms with Crippen LogP contribution in [-0.4, -0.2) is 25.1 Å². The lowest BCUT2D eigenvalue weighted by Gasteiger charge is -2.10. The first kappa shape index (κ1) is 17.8. The fourth-order valence-electron chi connectivity index (χ4n) is 2.59. The van der Waals surface area contributed by atoms with Gasteiger partial charge in [0.05, 0.1) is 30.4 Å². The molecule has 2 aromatic carbocycles. The topological polar surface area (TPSA) is 60.5 Å². The number of carbonyl (C=O) groups excluding carboxylic acids is 1. The summed E-state index contributed by atoms with van der Waals surface area (Å²) in [6, 6.07) is 12.9. The van der Waals surface area contributed by atoms with E-state index in [4.69, 9.17) is 21.1 Å². The molecule has 0 spiro atoms. The van der Waals surface area contributed by atoms with Gasteiger partial charge in [-0.25, -0.2) is 0 Å². The van der Waals surface area contributed by atoms with Crippen LogP contribution >= 0.6 is 11.6 Å². The lowest BCUT2D eigenvalue weighted by molar-refractivity contribution is -0.111. The number of nitrogens with one attached hydrogen (secondary N) is 1. The van der Waals surface area contributed by atoms with Crippen LogP contribution < -0.4 is 14.8 Å². The van der Waals surface area contributed by atoms with E-state index in [9.17, 15) is 4.79 Å². The molecule has 26 heavy (non-hydrogen) atoms. The number of carbonyl (C=O) groups is 1. The van der Waals surface area contributed by atoms with Crippen molar-refractivity contribution in [2.75, 3.05) is 19.5 Å². The van der Waals surface area contributed by atoms with E-state index in [1.165, 1.54) is 20.3 Å². The summed E-state index contributed by atoms with van der Waals surface area (Å²) in [5.74, 6) is 0.685. The normalized spacial score (nSPS) is 10.9. The Balaban J connectivity index is 1.80. The van der Waals surface area contributed by atoms with Gasteiger partial charge in [-0.3, -0.25) is 9.78 Å². The summed E-state index contributed by atoms with van der Waals surface area (Å²) in [5.41, 5.74) is 2.12. The molecule has 0 fully saturated rings. The summed E-state index contributed by atoms with van der Waals surface area (Å²) in [5, 5.41) is 4.21. The van der Waals surface area contributed by atoms with E-state index in [2.05, 4.69) is 10.3 Å². The van der Waals surface area contributed by atoms with E-state index in [0.717, 1.165) is 16.5 Å². The zero-order valence-corrected chi connectivity index (χ0v) is 15.1. The van der Waals surface area contributed by atoms with Crippen LogP contribution in [0.15, 0.2) is 54.7 Å². The van der Waals surface area contributed by atoms with Gasteiger partial charge in [0.2, 0.25) is 5.91 Å². The standard InChI is InChI=1S/C20H17ClN2O3/c1-25-17-12-13(11-15(21)20(17)26-2)8-9-18(24)23-16-7-3-5-14-6-4-10-22-19(14)16/h3-12H,1-2H3,(H,23,24)/b9-8+. The van der Waals surface area contributed by atoms with Crippen molar-refractivity contribution in [2.24, 2.45) is 0 Å². The first-order valence-electron chi connectivity index (χ1n) is 7.86. The summed E-state index contributed by atoms with van der Waals surface area (Å²) in [6.07, 6.45) is 4.78. The average Bonchev–Trinajstić information content (AvgIpc) is 2.66. The minimum absolute atomic E-state index is 0.269. The van der Waals surface area contributed by atoms with Crippen molar-refractivity contribution in [1.29, 1.82) is 0 Å². The SMILES string of the molecule is COc1cc(/C=C/C(=O)Nc2cccc3cccnc23)cc(Cl)c1OC. The minimum Gasteiger partial charge on any atom is -0.493 e. The Morgan fingerprint density at radius 1 is 1.15 bits per heavy atom. The number of hydrogen-bond donors (Lipinski definition) is 1. The maximum Gasteiger partial charge on any atom is 0.248 e. The molecule has 0 atom stereocenters. The van der Waals surface area contributed by atoms with E-state index in [1.54, 1.807) is 24.4 Å². The number of fused-ring (bicyclic) bond motifs is 1. The summed E-state index contributed by atoms with van der Waals surface area (Å²) in [6.45, 7) is 0. The summed E-state index contributed by atoms with van der Waals surface area (Å²) >= 11 is 6.18. The predicted octanol–water partition coefficient (Wildman–Crippen LogP) is 4.56. The quantitative estimate of drug-likeness (QED) is 0.671. The third-order valence-electron chi connectivity index (χ3n) is 3.77. The predicted molar refractivity (Wildman–Crippen MR) is 104 cm³/mol. The van der Waals surface area contributed by atoms with Crippen LogP contribution in [0, 0.1) is 0 Å². The van der Waals surface area contributed by atoms with Gasteiger partial charge < -0.3 is 14.8 Å². The Kier molecular flexibility index (Phi) is 5.39. The number of aromatic nitrogens is 1. The van der Waals surface area contributed by atoms with E-state index >= 15 is 0 Å². The third-order valence-corrected chi connectivity index (χ3v) is 4.05. The lowest BCUT2D eigenvalue weighted by Crippen LogP contribution is -2.08. The second-order valence-corrected chi connectivity index (χ2v) is 5.85. The summed E-state index contributed by atoms with van der Waals surface area (Å²) in [4.78, 5) is 16.6. The molecule has 6 heteroatoms. The molecule has 3 aromatic rings. The molecule has 5 nitrogen and oxygen atoms in total. The van der Waals surface area contributed by atoms with Crippen LogP contribution in [0.2, 0.25) is 5.02 Å². The molecule has 0 radical (unpaired) electrons. The molecule has 0 aliphatic rings. The van der Waals surface area contributed by atoms with Gasteiger partial charge in [0.25, 0.3) is 0 Å². The Labute approximate surface area is 156 Å². The number of para-hydroxylation sites is 1. The van der Waals surface area contributed by atoms with Gasteiger partial charge in [-0.15, -0.1) is 0 Å². The Bertz CT molecular complexity index is 981. The van der Waals surface area contributed by atoms with Gasteiger partial charge in [-0.2, -0.15) is 0 Å². The number of methoxy groups -OCH3 is 2. The fourth-order valence-corrected chi connectivity index (χ4v) is 2.88. The molecule has 3 rings (SSSR count). The Morgan fingerprint density at radius 2 is 1.96 bits per heavy atom. The molecule has 1 N–H and O–H groups in total. The molecule has 0 aliphatic heterocycles. The fraction of sp³-hybridized carbons (Fsp3) is 0.100. The van der Waals surface area contributed by atoms with E-state index in [-0.39, 0.29) is 5.91 Å². The van der Waals surface area contributed by atoms with Gasteiger partial charge >= 0.3 is 0 Å². The van der Waals surface area contributed by atoms with E-state index in [1.807, 2.05) is 30.3 Å². The molecule has 0 saturated carbocycles. The molecule has 1 aromatic heterocycles. The second kappa shape index (κ2) is 7.89. The van der Waals surface area contributed by atoms with Gasteiger partial charge in [0.1, 0.15) is 0 Å². The smallest absolute Gasteiger partial charge is 0.248 e. The molecule has 1 amide bonds. The van der Waals surface area contributed by atoms with Gasteiger partial charge in [-0.1, -0.05) is 29.8 Å². The molecular weight excluding hydrogens is 352 g/mol. The minimum atomic E-state index is -0.269. The molecule has 132 valence electrons. The number of nitrogens with zero attached hydrogens (tertiary/aromatic N) is 1. The number of pyridine rings is 1. The number of halogens is 1. The van der Waals surface area contributed by atoms with Gasteiger partial charge in [-0.05, 0) is 35.9 Å². The van der Waals surface area contributed by atoms with Crippen LogP contribution in [0.4, 0.5) is 5.69 Å². The van der Waals surface area contributed by atoms with Crippen molar-refractivity contribution in [1.82, 2.24) is 4.98 Å². The van der Waals surface area contributed by atoms with E-state index in [0.29, 0.717) is 22.2 Å². The van der Waals surface area contributed by atoms with Crippen LogP contribution in [0.3, 0.4) is 0 Å². The van der Waals surface area contributed by atoms with Gasteiger partial charge in [0.15, 0.2) is 11.5 Å². The monoisotopic (exact) mass is 368 g/mol. The highest BCUT2D eigenvalue weighted by Crippen LogP contribution is 2.36. The molecule has 0 unspecified atom stereocenters. The highest BCUT2D eigenvalue weighted by molar-refractivity contribution is 6.32. The number of ether oxygens (including phenoxy) is 2. The summed E-state index contributed by atoms with van der Waals surface area (Å²) in [7, 11) is 3.05. The van der Waals surface area contributed by atoms with Crippen molar-refractivity contribution in [3.05, 3.63) is 65.3 Å². The number of hydrogen-bond acceptors (Lipinski definition) is 4. The highest BCUT2D eigenvalue weighted by atomic mass is 35.5. The first-order valence-corrected chi connectivity index (χ1v) is 8.24. The Hall–Kier alpha value is -3.05. The van der Waals surface area contributed by atoms with Crippen LogP contribution in [0.25, 0.3) is 17.0 Å². The molecule has 0 bridgehead atoms. The van der Waals surface area contributed by atoms with Gasteiger partial charge in [0, 0.05) is 17.7 Å². The molecule has 0 saturated heterocycles. The summed E-state index contributed by atoms with van der Waals surface area (Å²) < 4.78 is 10.5. The van der Waals surface area contributed by atoms with Crippen molar-refractivity contribution in [3.8, 4) is 11.5 Å². The first-order chi connectivity index (χ1) is 12.6.